The first-order valence-corrected chi connectivity index (χ1v) is 9.50. The normalized spacial score (nSPS) is 20.8. The zero-order valence-electron chi connectivity index (χ0n) is 15.5. The Morgan fingerprint density at radius 3 is 2.79 bits per heavy atom. The fourth-order valence-electron chi connectivity index (χ4n) is 3.60. The molecular weight excluding hydrogens is 413 g/mol. The highest BCUT2D eigenvalue weighted by Gasteiger charge is 2.15. The third-order valence-electron chi connectivity index (χ3n) is 5.14. The first kappa shape index (κ1) is 21.7. The Labute approximate surface area is 165 Å². The number of aliphatic imine (C=N–C) groups is 1. The molecule has 5 heteroatoms. The van der Waals surface area contributed by atoms with Crippen molar-refractivity contribution < 1.29 is 4.74 Å². The van der Waals surface area contributed by atoms with Crippen molar-refractivity contribution in [3.8, 4) is 0 Å². The van der Waals surface area contributed by atoms with Gasteiger partial charge in [0.25, 0.3) is 0 Å². The van der Waals surface area contributed by atoms with Crippen LogP contribution in [0.1, 0.15) is 64.7 Å². The molecule has 0 aromatic rings. The molecule has 4 nitrogen and oxygen atoms in total. The molecule has 1 saturated carbocycles. The first-order valence-electron chi connectivity index (χ1n) is 9.50. The zero-order valence-corrected chi connectivity index (χ0v) is 17.8. The summed E-state index contributed by atoms with van der Waals surface area (Å²) in [6.45, 7) is 4.87. The Hall–Kier alpha value is -0.300. The van der Waals surface area contributed by atoms with Gasteiger partial charge < -0.3 is 15.4 Å². The quantitative estimate of drug-likeness (QED) is 0.264. The van der Waals surface area contributed by atoms with Gasteiger partial charge in [-0.25, -0.2) is 0 Å². The largest absolute Gasteiger partial charge is 0.377 e. The highest BCUT2D eigenvalue weighted by Crippen LogP contribution is 2.27. The van der Waals surface area contributed by atoms with Gasteiger partial charge in [-0.1, -0.05) is 43.8 Å². The summed E-state index contributed by atoms with van der Waals surface area (Å²) in [5.41, 5.74) is 1.50. The molecule has 1 aliphatic heterocycles. The number of halogens is 1. The molecule has 0 aromatic heterocycles. The number of ether oxygens (including phenoxy) is 1. The molecular formula is C19H36IN3O. The third kappa shape index (κ3) is 8.70. The lowest BCUT2D eigenvalue weighted by Crippen LogP contribution is -2.42. The van der Waals surface area contributed by atoms with Gasteiger partial charge in [-0.2, -0.15) is 0 Å². The van der Waals surface area contributed by atoms with Crippen LogP contribution >= 0.6 is 24.0 Å². The van der Waals surface area contributed by atoms with Gasteiger partial charge in [0, 0.05) is 19.6 Å². The van der Waals surface area contributed by atoms with Crippen molar-refractivity contribution in [1.82, 2.24) is 10.6 Å². The standard InChI is InChI=1S/C19H35N3O.HI/c1-16(8-9-17-6-4-3-5-7-17)22-19(20-2)21-13-10-18-11-14-23-15-12-18;/h11,16-17H,3-10,12-15H2,1-2H3,(H2,20,21,22);1H. The Morgan fingerprint density at radius 1 is 1.33 bits per heavy atom. The van der Waals surface area contributed by atoms with Gasteiger partial charge in [0.2, 0.25) is 0 Å². The van der Waals surface area contributed by atoms with Crippen molar-refractivity contribution in [2.45, 2.75) is 70.8 Å². The molecule has 140 valence electrons. The van der Waals surface area contributed by atoms with Crippen molar-refractivity contribution in [3.63, 3.8) is 0 Å². The lowest BCUT2D eigenvalue weighted by molar-refractivity contribution is 0.153. The minimum Gasteiger partial charge on any atom is -0.377 e. The minimum atomic E-state index is 0. The number of nitrogens with one attached hydrogen (secondary N) is 2. The number of rotatable bonds is 7. The van der Waals surface area contributed by atoms with Gasteiger partial charge in [0.15, 0.2) is 5.96 Å². The van der Waals surface area contributed by atoms with E-state index in [0.29, 0.717) is 6.04 Å². The van der Waals surface area contributed by atoms with E-state index in [4.69, 9.17) is 4.74 Å². The molecule has 24 heavy (non-hydrogen) atoms. The molecule has 0 amide bonds. The van der Waals surface area contributed by atoms with Gasteiger partial charge in [-0.05, 0) is 38.5 Å². The summed E-state index contributed by atoms with van der Waals surface area (Å²) in [7, 11) is 1.86. The summed E-state index contributed by atoms with van der Waals surface area (Å²) < 4.78 is 5.34. The molecule has 0 aromatic carbocycles. The molecule has 1 fully saturated rings. The van der Waals surface area contributed by atoms with E-state index in [1.807, 2.05) is 7.05 Å². The highest BCUT2D eigenvalue weighted by atomic mass is 127. The summed E-state index contributed by atoms with van der Waals surface area (Å²) in [5, 5.41) is 6.98. The van der Waals surface area contributed by atoms with E-state index in [1.165, 1.54) is 50.5 Å². The van der Waals surface area contributed by atoms with E-state index in [1.54, 1.807) is 0 Å². The van der Waals surface area contributed by atoms with E-state index in [9.17, 15) is 0 Å². The lowest BCUT2D eigenvalue weighted by atomic mass is 9.85. The number of nitrogens with zero attached hydrogens (tertiary/aromatic N) is 1. The van der Waals surface area contributed by atoms with Crippen molar-refractivity contribution in [2.24, 2.45) is 10.9 Å². The van der Waals surface area contributed by atoms with Crippen LogP contribution in [0.3, 0.4) is 0 Å². The van der Waals surface area contributed by atoms with Crippen LogP contribution in [-0.2, 0) is 4.74 Å². The number of guanidine groups is 1. The van der Waals surface area contributed by atoms with Crippen LogP contribution < -0.4 is 10.6 Å². The average Bonchev–Trinajstić information content (AvgIpc) is 2.61. The highest BCUT2D eigenvalue weighted by molar-refractivity contribution is 14.0. The third-order valence-corrected chi connectivity index (χ3v) is 5.14. The zero-order chi connectivity index (χ0) is 16.3. The van der Waals surface area contributed by atoms with Crippen molar-refractivity contribution >= 4 is 29.9 Å². The number of hydrogen-bond donors (Lipinski definition) is 2. The second-order valence-electron chi connectivity index (χ2n) is 7.06. The van der Waals surface area contributed by atoms with E-state index in [2.05, 4.69) is 28.6 Å². The van der Waals surface area contributed by atoms with Crippen LogP contribution in [0, 0.1) is 5.92 Å². The van der Waals surface area contributed by atoms with Crippen molar-refractivity contribution in [2.75, 3.05) is 26.8 Å². The molecule has 1 aliphatic carbocycles. The number of hydrogen-bond acceptors (Lipinski definition) is 2. The van der Waals surface area contributed by atoms with Crippen molar-refractivity contribution in [3.05, 3.63) is 11.6 Å². The summed E-state index contributed by atoms with van der Waals surface area (Å²) in [6, 6.07) is 0.491. The van der Waals surface area contributed by atoms with E-state index in [0.717, 1.165) is 44.5 Å². The summed E-state index contributed by atoms with van der Waals surface area (Å²) in [6.07, 6.45) is 14.2. The van der Waals surface area contributed by atoms with Crippen molar-refractivity contribution in [1.29, 1.82) is 0 Å². The van der Waals surface area contributed by atoms with Gasteiger partial charge in [0.05, 0.1) is 13.2 Å². The molecule has 0 bridgehead atoms. The fourth-order valence-corrected chi connectivity index (χ4v) is 3.60. The average molecular weight is 449 g/mol. The molecule has 2 N–H and O–H groups in total. The molecule has 1 unspecified atom stereocenters. The van der Waals surface area contributed by atoms with Crippen LogP contribution in [0.15, 0.2) is 16.6 Å². The van der Waals surface area contributed by atoms with Gasteiger partial charge in [-0.15, -0.1) is 24.0 Å². The van der Waals surface area contributed by atoms with Crippen LogP contribution in [0.2, 0.25) is 0 Å². The van der Waals surface area contributed by atoms with Crippen LogP contribution in [0.5, 0.6) is 0 Å². The maximum Gasteiger partial charge on any atom is 0.191 e. The van der Waals surface area contributed by atoms with Gasteiger partial charge in [-0.3, -0.25) is 4.99 Å². The topological polar surface area (TPSA) is 45.7 Å². The maximum absolute atomic E-state index is 5.34. The second-order valence-corrected chi connectivity index (χ2v) is 7.06. The summed E-state index contributed by atoms with van der Waals surface area (Å²) in [4.78, 5) is 4.36. The fraction of sp³-hybridized carbons (Fsp3) is 0.842. The minimum absolute atomic E-state index is 0. The van der Waals surface area contributed by atoms with Gasteiger partial charge >= 0.3 is 0 Å². The van der Waals surface area contributed by atoms with E-state index >= 15 is 0 Å². The summed E-state index contributed by atoms with van der Waals surface area (Å²) in [5.74, 6) is 1.90. The Bertz CT molecular complexity index is 392. The molecule has 0 saturated heterocycles. The molecule has 2 aliphatic rings. The molecule has 1 heterocycles. The molecule has 0 radical (unpaired) electrons. The van der Waals surface area contributed by atoms with Crippen LogP contribution in [0.4, 0.5) is 0 Å². The SMILES string of the molecule is CN=C(NCCC1=CCOCC1)NC(C)CCC1CCCCC1.I. The monoisotopic (exact) mass is 449 g/mol. The second kappa shape index (κ2) is 13.0. The molecule has 0 spiro atoms. The molecule has 1 atom stereocenters. The lowest BCUT2D eigenvalue weighted by Gasteiger charge is -2.24. The Balaban J connectivity index is 0.00000288. The van der Waals surface area contributed by atoms with Gasteiger partial charge in [0.1, 0.15) is 0 Å². The first-order chi connectivity index (χ1) is 11.3. The predicted octanol–water partition coefficient (Wildman–Crippen LogP) is 4.26. The Kier molecular flexibility index (Phi) is 11.8. The van der Waals surface area contributed by atoms with Crippen LogP contribution in [-0.4, -0.2) is 38.8 Å². The van der Waals surface area contributed by atoms with E-state index < -0.39 is 0 Å². The summed E-state index contributed by atoms with van der Waals surface area (Å²) >= 11 is 0. The smallest absolute Gasteiger partial charge is 0.191 e. The van der Waals surface area contributed by atoms with E-state index in [-0.39, 0.29) is 24.0 Å². The van der Waals surface area contributed by atoms with Crippen LogP contribution in [0.25, 0.3) is 0 Å². The Morgan fingerprint density at radius 2 is 2.12 bits per heavy atom. The molecule has 2 rings (SSSR count). The maximum atomic E-state index is 5.34. The predicted molar refractivity (Wildman–Crippen MR) is 113 cm³/mol.